The summed E-state index contributed by atoms with van der Waals surface area (Å²) in [5.74, 6) is 0.589. The van der Waals surface area contributed by atoms with E-state index in [0.717, 1.165) is 24.8 Å². The Hall–Kier alpha value is -2.59. The summed E-state index contributed by atoms with van der Waals surface area (Å²) >= 11 is 6.00. The maximum atomic E-state index is 12.1. The molecule has 0 atom stereocenters. The number of unbranched alkanes of at least 4 members (excludes halogenated alkanes) is 1. The highest BCUT2D eigenvalue weighted by Crippen LogP contribution is 2.13. The molecular weight excluding hydrogens is 346 g/mol. The van der Waals surface area contributed by atoms with Crippen molar-refractivity contribution in [3.8, 4) is 0 Å². The molecular formula is C21H22ClN3O. The molecule has 0 bridgehead atoms. The number of halogens is 1. The third-order valence-electron chi connectivity index (χ3n) is 4.12. The van der Waals surface area contributed by atoms with Gasteiger partial charge in [0.15, 0.2) is 5.82 Å². The van der Waals surface area contributed by atoms with Crippen LogP contribution < -0.4 is 5.32 Å². The minimum absolute atomic E-state index is 0.00562. The average Bonchev–Trinajstić information content (AvgIpc) is 3.06. The molecule has 0 saturated carbocycles. The van der Waals surface area contributed by atoms with Crippen molar-refractivity contribution < 1.29 is 4.79 Å². The molecule has 0 saturated heterocycles. The van der Waals surface area contributed by atoms with E-state index in [-0.39, 0.29) is 5.91 Å². The van der Waals surface area contributed by atoms with E-state index < -0.39 is 0 Å². The highest BCUT2D eigenvalue weighted by atomic mass is 35.5. The van der Waals surface area contributed by atoms with Gasteiger partial charge in [0.2, 0.25) is 5.91 Å². The smallest absolute Gasteiger partial charge is 0.225 e. The Kier molecular flexibility index (Phi) is 6.45. The number of imidazole rings is 1. The van der Waals surface area contributed by atoms with Crippen LogP contribution in [0.15, 0.2) is 67.1 Å². The number of amides is 1. The summed E-state index contributed by atoms with van der Waals surface area (Å²) < 4.78 is 1.93. The van der Waals surface area contributed by atoms with Gasteiger partial charge >= 0.3 is 0 Å². The van der Waals surface area contributed by atoms with Gasteiger partial charge < -0.3 is 9.88 Å². The molecule has 4 nitrogen and oxygen atoms in total. The molecule has 1 heterocycles. The molecule has 2 aromatic carbocycles. The molecule has 5 heteroatoms. The fraction of sp³-hybridized carbons (Fsp3) is 0.238. The number of aromatic nitrogens is 2. The van der Waals surface area contributed by atoms with Crippen LogP contribution in [0.2, 0.25) is 5.02 Å². The Labute approximate surface area is 158 Å². The van der Waals surface area contributed by atoms with Crippen LogP contribution in [0.4, 0.5) is 5.82 Å². The minimum Gasteiger partial charge on any atom is -0.331 e. The first-order valence-corrected chi connectivity index (χ1v) is 9.17. The summed E-state index contributed by atoms with van der Waals surface area (Å²) in [6, 6.07) is 18.0. The summed E-state index contributed by atoms with van der Waals surface area (Å²) in [7, 11) is 0. The molecule has 0 aliphatic carbocycles. The van der Waals surface area contributed by atoms with Gasteiger partial charge in [-0.05, 0) is 42.5 Å². The Morgan fingerprint density at radius 3 is 2.65 bits per heavy atom. The van der Waals surface area contributed by atoms with Crippen molar-refractivity contribution in [1.29, 1.82) is 0 Å². The van der Waals surface area contributed by atoms with Gasteiger partial charge in [0.25, 0.3) is 0 Å². The van der Waals surface area contributed by atoms with E-state index in [1.165, 1.54) is 5.56 Å². The van der Waals surface area contributed by atoms with E-state index in [1.54, 1.807) is 6.33 Å². The number of hydrogen-bond donors (Lipinski definition) is 1. The Morgan fingerprint density at radius 1 is 1.04 bits per heavy atom. The standard InChI is InChI=1S/C21H22ClN3O/c22-19-11-6-10-18(13-19)14-25-15-20(23-16-25)24-21(26)12-5-4-9-17-7-2-1-3-8-17/h1-3,6-8,10-11,13,15-16H,4-5,9,12,14H2,(H,24,26). The third-order valence-corrected chi connectivity index (χ3v) is 4.35. The van der Waals surface area contributed by atoms with Crippen LogP contribution in [0, 0.1) is 0 Å². The molecule has 3 aromatic rings. The van der Waals surface area contributed by atoms with Gasteiger partial charge in [0.05, 0.1) is 6.33 Å². The summed E-state index contributed by atoms with van der Waals surface area (Å²) in [6.45, 7) is 0.667. The molecule has 0 aliphatic heterocycles. The lowest BCUT2D eigenvalue weighted by molar-refractivity contribution is -0.116. The molecule has 1 N–H and O–H groups in total. The first-order valence-electron chi connectivity index (χ1n) is 8.79. The van der Waals surface area contributed by atoms with Crippen LogP contribution in [0.5, 0.6) is 0 Å². The first-order chi connectivity index (χ1) is 12.7. The fourth-order valence-corrected chi connectivity index (χ4v) is 3.03. The summed E-state index contributed by atoms with van der Waals surface area (Å²) in [4.78, 5) is 16.3. The van der Waals surface area contributed by atoms with Gasteiger partial charge in [-0.2, -0.15) is 0 Å². The number of carbonyl (C=O) groups excluding carboxylic acids is 1. The monoisotopic (exact) mass is 367 g/mol. The summed E-state index contributed by atoms with van der Waals surface area (Å²) in [5.41, 5.74) is 2.40. The van der Waals surface area contributed by atoms with Crippen molar-refractivity contribution in [3.05, 3.63) is 83.3 Å². The first kappa shape index (κ1) is 18.2. The van der Waals surface area contributed by atoms with Crippen molar-refractivity contribution in [1.82, 2.24) is 9.55 Å². The van der Waals surface area contributed by atoms with E-state index >= 15 is 0 Å². The fourth-order valence-electron chi connectivity index (χ4n) is 2.82. The topological polar surface area (TPSA) is 46.9 Å². The summed E-state index contributed by atoms with van der Waals surface area (Å²) in [5, 5.41) is 3.58. The normalized spacial score (nSPS) is 10.7. The lowest BCUT2D eigenvalue weighted by Gasteiger charge is -2.04. The van der Waals surface area contributed by atoms with Gasteiger partial charge in [-0.15, -0.1) is 0 Å². The number of aryl methyl sites for hydroxylation is 1. The number of nitrogens with zero attached hydrogens (tertiary/aromatic N) is 2. The SMILES string of the molecule is O=C(CCCCc1ccccc1)Nc1cn(Cc2cccc(Cl)c2)cn1. The Bertz CT molecular complexity index is 845. The van der Waals surface area contributed by atoms with Gasteiger partial charge in [-0.3, -0.25) is 4.79 Å². The highest BCUT2D eigenvalue weighted by molar-refractivity contribution is 6.30. The van der Waals surface area contributed by atoms with Gasteiger partial charge in [-0.25, -0.2) is 4.98 Å². The number of hydrogen-bond acceptors (Lipinski definition) is 2. The molecule has 0 aliphatic rings. The van der Waals surface area contributed by atoms with Gasteiger partial charge in [0.1, 0.15) is 0 Å². The van der Waals surface area contributed by atoms with E-state index in [2.05, 4.69) is 22.4 Å². The Balaban J connectivity index is 1.41. The van der Waals surface area contributed by atoms with Crippen molar-refractivity contribution >= 4 is 23.3 Å². The van der Waals surface area contributed by atoms with Crippen molar-refractivity contribution in [2.24, 2.45) is 0 Å². The predicted octanol–water partition coefficient (Wildman–Crippen LogP) is 4.94. The number of anilines is 1. The predicted molar refractivity (Wildman–Crippen MR) is 105 cm³/mol. The molecule has 0 fully saturated rings. The molecule has 0 radical (unpaired) electrons. The maximum Gasteiger partial charge on any atom is 0.225 e. The maximum absolute atomic E-state index is 12.1. The minimum atomic E-state index is 0.00562. The van der Waals surface area contributed by atoms with E-state index in [4.69, 9.17) is 11.6 Å². The number of rotatable bonds is 8. The van der Waals surface area contributed by atoms with E-state index in [0.29, 0.717) is 23.8 Å². The molecule has 1 aromatic heterocycles. The molecule has 3 rings (SSSR count). The number of benzene rings is 2. The lowest BCUT2D eigenvalue weighted by atomic mass is 10.1. The van der Waals surface area contributed by atoms with Crippen LogP contribution in [-0.4, -0.2) is 15.5 Å². The van der Waals surface area contributed by atoms with E-state index in [9.17, 15) is 4.79 Å². The van der Waals surface area contributed by atoms with Crippen LogP contribution in [-0.2, 0) is 17.8 Å². The second-order valence-electron chi connectivity index (χ2n) is 6.30. The number of carbonyl (C=O) groups is 1. The molecule has 134 valence electrons. The quantitative estimate of drug-likeness (QED) is 0.573. The van der Waals surface area contributed by atoms with Gasteiger partial charge in [0, 0.05) is 24.2 Å². The second-order valence-corrected chi connectivity index (χ2v) is 6.74. The van der Waals surface area contributed by atoms with Crippen molar-refractivity contribution in [2.75, 3.05) is 5.32 Å². The zero-order valence-electron chi connectivity index (χ0n) is 14.6. The third kappa shape index (κ3) is 5.74. The largest absolute Gasteiger partial charge is 0.331 e. The van der Waals surface area contributed by atoms with Crippen molar-refractivity contribution in [2.45, 2.75) is 32.2 Å². The molecule has 26 heavy (non-hydrogen) atoms. The number of nitrogens with one attached hydrogen (secondary N) is 1. The average molecular weight is 368 g/mol. The highest BCUT2D eigenvalue weighted by Gasteiger charge is 2.06. The van der Waals surface area contributed by atoms with Crippen LogP contribution in [0.1, 0.15) is 30.4 Å². The molecule has 0 spiro atoms. The van der Waals surface area contributed by atoms with Crippen LogP contribution in [0.25, 0.3) is 0 Å². The van der Waals surface area contributed by atoms with E-state index in [1.807, 2.05) is 53.2 Å². The van der Waals surface area contributed by atoms with Gasteiger partial charge in [-0.1, -0.05) is 54.1 Å². The van der Waals surface area contributed by atoms with Crippen LogP contribution in [0.3, 0.4) is 0 Å². The summed E-state index contributed by atoms with van der Waals surface area (Å²) in [6.07, 6.45) is 6.93. The van der Waals surface area contributed by atoms with Crippen LogP contribution >= 0.6 is 11.6 Å². The van der Waals surface area contributed by atoms with Crippen molar-refractivity contribution in [3.63, 3.8) is 0 Å². The zero-order valence-corrected chi connectivity index (χ0v) is 15.3. The Morgan fingerprint density at radius 2 is 1.85 bits per heavy atom. The zero-order chi connectivity index (χ0) is 18.2. The lowest BCUT2D eigenvalue weighted by Crippen LogP contribution is -2.11. The molecule has 0 unspecified atom stereocenters. The molecule has 1 amide bonds. The second kappa shape index (κ2) is 9.20.